The number of rotatable bonds is 3. The minimum Gasteiger partial charge on any atom is -0.329 e. The van der Waals surface area contributed by atoms with Crippen LogP contribution in [-0.2, 0) is 4.79 Å². The second kappa shape index (κ2) is 3.83. The van der Waals surface area contributed by atoms with E-state index in [9.17, 15) is 4.79 Å². The molecule has 0 saturated heterocycles. The lowest BCUT2D eigenvalue weighted by Gasteiger charge is -2.12. The average molecular weight is 220 g/mol. The smallest absolute Gasteiger partial charge is 0.234 e. The number of anilines is 1. The van der Waals surface area contributed by atoms with Gasteiger partial charge in [-0.1, -0.05) is 0 Å². The van der Waals surface area contributed by atoms with Gasteiger partial charge < -0.3 is 5.73 Å². The van der Waals surface area contributed by atoms with E-state index >= 15 is 0 Å². The topological polar surface area (TPSA) is 80.9 Å². The van der Waals surface area contributed by atoms with E-state index in [-0.39, 0.29) is 11.3 Å². The third-order valence-corrected chi connectivity index (χ3v) is 2.93. The lowest BCUT2D eigenvalue weighted by atomic mass is 10.1. The van der Waals surface area contributed by atoms with E-state index in [1.54, 1.807) is 0 Å². The molecule has 0 aromatic carbocycles. The first-order valence-electron chi connectivity index (χ1n) is 5.39. The van der Waals surface area contributed by atoms with Crippen molar-refractivity contribution in [3.05, 3.63) is 17.5 Å². The van der Waals surface area contributed by atoms with Gasteiger partial charge in [0.05, 0.1) is 5.41 Å². The second-order valence-corrected chi connectivity index (χ2v) is 4.41. The molecule has 0 atom stereocenters. The standard InChI is InChI=1S/C11H16N4O/c1-7-5-8(2)14-10(13-7)15-9(16)11(6-12)3-4-11/h5H,3-4,6,12H2,1-2H3,(H,13,14,15,16). The normalized spacial score (nSPS) is 16.9. The Morgan fingerprint density at radius 3 is 2.44 bits per heavy atom. The largest absolute Gasteiger partial charge is 0.329 e. The molecule has 2 rings (SSSR count). The van der Waals surface area contributed by atoms with Crippen LogP contribution in [0.25, 0.3) is 0 Å². The number of nitrogens with two attached hydrogens (primary N) is 1. The van der Waals surface area contributed by atoms with Crippen molar-refractivity contribution in [3.8, 4) is 0 Å². The molecule has 0 unspecified atom stereocenters. The van der Waals surface area contributed by atoms with Crippen LogP contribution in [0.15, 0.2) is 6.07 Å². The number of hydrogen-bond donors (Lipinski definition) is 2. The minimum absolute atomic E-state index is 0.0556. The third-order valence-electron chi connectivity index (χ3n) is 2.93. The van der Waals surface area contributed by atoms with Gasteiger partial charge in [-0.2, -0.15) is 0 Å². The van der Waals surface area contributed by atoms with Crippen LogP contribution in [0.3, 0.4) is 0 Å². The highest BCUT2D eigenvalue weighted by Gasteiger charge is 2.48. The van der Waals surface area contributed by atoms with Crippen molar-refractivity contribution >= 4 is 11.9 Å². The van der Waals surface area contributed by atoms with Gasteiger partial charge in [0.15, 0.2) is 0 Å². The van der Waals surface area contributed by atoms with E-state index in [4.69, 9.17) is 5.73 Å². The van der Waals surface area contributed by atoms with Crippen molar-refractivity contribution in [2.75, 3.05) is 11.9 Å². The number of amides is 1. The van der Waals surface area contributed by atoms with Crippen LogP contribution in [0.1, 0.15) is 24.2 Å². The summed E-state index contributed by atoms with van der Waals surface area (Å²) in [6, 6.07) is 1.87. The minimum atomic E-state index is -0.360. The fraction of sp³-hybridized carbons (Fsp3) is 0.545. The van der Waals surface area contributed by atoms with Gasteiger partial charge in [-0.05, 0) is 32.8 Å². The molecule has 3 N–H and O–H groups in total. The van der Waals surface area contributed by atoms with Gasteiger partial charge in [0.25, 0.3) is 0 Å². The Morgan fingerprint density at radius 1 is 1.44 bits per heavy atom. The number of nitrogens with zero attached hydrogens (tertiary/aromatic N) is 2. The Bertz CT molecular complexity index is 406. The molecule has 0 aliphatic heterocycles. The summed E-state index contributed by atoms with van der Waals surface area (Å²) in [5.74, 6) is 0.322. The number of hydrogen-bond acceptors (Lipinski definition) is 4. The summed E-state index contributed by atoms with van der Waals surface area (Å²) in [7, 11) is 0. The molecule has 0 bridgehead atoms. The fourth-order valence-electron chi connectivity index (χ4n) is 1.69. The Kier molecular flexibility index (Phi) is 2.63. The maximum Gasteiger partial charge on any atom is 0.234 e. The summed E-state index contributed by atoms with van der Waals surface area (Å²) < 4.78 is 0. The number of nitrogens with one attached hydrogen (secondary N) is 1. The van der Waals surface area contributed by atoms with Crippen molar-refractivity contribution in [1.29, 1.82) is 0 Å². The number of carbonyl (C=O) groups is 1. The molecule has 1 aromatic rings. The maximum atomic E-state index is 11.9. The first kappa shape index (κ1) is 11.0. The van der Waals surface area contributed by atoms with Gasteiger partial charge >= 0.3 is 0 Å². The van der Waals surface area contributed by atoms with E-state index in [1.807, 2.05) is 19.9 Å². The predicted octanol–water partition coefficient (Wildman–Crippen LogP) is 0.771. The van der Waals surface area contributed by atoms with Crippen LogP contribution in [0, 0.1) is 19.3 Å². The molecule has 1 aromatic heterocycles. The first-order valence-corrected chi connectivity index (χ1v) is 5.39. The third kappa shape index (κ3) is 2.04. The summed E-state index contributed by atoms with van der Waals surface area (Å²) in [4.78, 5) is 20.2. The van der Waals surface area contributed by atoms with Crippen LogP contribution in [-0.4, -0.2) is 22.4 Å². The Hall–Kier alpha value is -1.49. The van der Waals surface area contributed by atoms with Crippen LogP contribution < -0.4 is 11.1 Å². The SMILES string of the molecule is Cc1cc(C)nc(NC(=O)C2(CN)CC2)n1. The quantitative estimate of drug-likeness (QED) is 0.788. The Labute approximate surface area is 94.5 Å². The maximum absolute atomic E-state index is 11.9. The van der Waals surface area contributed by atoms with E-state index in [0.29, 0.717) is 12.5 Å². The average Bonchev–Trinajstić information content (AvgIpc) is 2.96. The second-order valence-electron chi connectivity index (χ2n) is 4.41. The zero-order chi connectivity index (χ0) is 11.8. The highest BCUT2D eigenvalue weighted by molar-refractivity contribution is 5.96. The highest BCUT2D eigenvalue weighted by atomic mass is 16.2. The molecule has 1 aliphatic carbocycles. The van der Waals surface area contributed by atoms with Crippen LogP contribution >= 0.6 is 0 Å². The van der Waals surface area contributed by atoms with E-state index < -0.39 is 0 Å². The predicted molar refractivity (Wildman–Crippen MR) is 60.9 cm³/mol. The summed E-state index contributed by atoms with van der Waals surface area (Å²) in [5.41, 5.74) is 6.92. The summed E-state index contributed by atoms with van der Waals surface area (Å²) in [6.07, 6.45) is 1.72. The molecular weight excluding hydrogens is 204 g/mol. The van der Waals surface area contributed by atoms with E-state index in [1.165, 1.54) is 0 Å². The number of carbonyl (C=O) groups excluding carboxylic acids is 1. The van der Waals surface area contributed by atoms with Gasteiger partial charge in [-0.25, -0.2) is 9.97 Å². The van der Waals surface area contributed by atoms with Crippen LogP contribution in [0.2, 0.25) is 0 Å². The van der Waals surface area contributed by atoms with E-state index in [0.717, 1.165) is 24.2 Å². The summed E-state index contributed by atoms with van der Waals surface area (Å²) in [5, 5.41) is 2.74. The number of aromatic nitrogens is 2. The molecular formula is C11H16N4O. The molecule has 0 spiro atoms. The van der Waals surface area contributed by atoms with Gasteiger partial charge in [0.1, 0.15) is 0 Å². The lowest BCUT2D eigenvalue weighted by molar-refractivity contribution is -0.120. The zero-order valence-corrected chi connectivity index (χ0v) is 9.58. The molecule has 5 nitrogen and oxygen atoms in total. The molecule has 1 aliphatic rings. The van der Waals surface area contributed by atoms with Gasteiger partial charge in [0.2, 0.25) is 11.9 Å². The van der Waals surface area contributed by atoms with Crippen molar-refractivity contribution in [1.82, 2.24) is 9.97 Å². The van der Waals surface area contributed by atoms with Crippen molar-refractivity contribution < 1.29 is 4.79 Å². The molecule has 86 valence electrons. The van der Waals surface area contributed by atoms with E-state index in [2.05, 4.69) is 15.3 Å². The number of aryl methyl sites for hydroxylation is 2. The van der Waals surface area contributed by atoms with Crippen LogP contribution in [0.4, 0.5) is 5.95 Å². The molecule has 1 heterocycles. The Morgan fingerprint density at radius 2 is 2.00 bits per heavy atom. The molecule has 16 heavy (non-hydrogen) atoms. The monoisotopic (exact) mass is 220 g/mol. The fourth-order valence-corrected chi connectivity index (χ4v) is 1.69. The lowest BCUT2D eigenvalue weighted by Crippen LogP contribution is -2.31. The molecule has 1 fully saturated rings. The molecule has 1 saturated carbocycles. The zero-order valence-electron chi connectivity index (χ0n) is 9.58. The van der Waals surface area contributed by atoms with Crippen molar-refractivity contribution in [2.45, 2.75) is 26.7 Å². The molecule has 1 amide bonds. The summed E-state index contributed by atoms with van der Waals surface area (Å²) in [6.45, 7) is 4.14. The molecule has 0 radical (unpaired) electrons. The van der Waals surface area contributed by atoms with Gasteiger partial charge in [-0.15, -0.1) is 0 Å². The summed E-state index contributed by atoms with van der Waals surface area (Å²) >= 11 is 0. The van der Waals surface area contributed by atoms with Crippen LogP contribution in [0.5, 0.6) is 0 Å². The Balaban J connectivity index is 2.12. The molecule has 5 heteroatoms. The highest BCUT2D eigenvalue weighted by Crippen LogP contribution is 2.45. The van der Waals surface area contributed by atoms with Gasteiger partial charge in [0, 0.05) is 17.9 Å². The van der Waals surface area contributed by atoms with Crippen molar-refractivity contribution in [3.63, 3.8) is 0 Å². The van der Waals surface area contributed by atoms with Crippen molar-refractivity contribution in [2.24, 2.45) is 11.1 Å². The first-order chi connectivity index (χ1) is 7.55. The van der Waals surface area contributed by atoms with Gasteiger partial charge in [-0.3, -0.25) is 10.1 Å².